The SMILES string of the molecule is CCCCCCCCCCC(CCCCCCCC)CN1C(=O)/C(=C2\C(=O)N(CC(CCCCCCCC)CCCCCCCCCC)c3ccsc32)c2sccc21. The number of fused-ring (bicyclic) bond motifs is 2. The minimum Gasteiger partial charge on any atom is -0.307 e. The fourth-order valence-corrected chi connectivity index (χ4v) is 11.5. The molecule has 0 aromatic carbocycles. The maximum atomic E-state index is 14.7. The lowest BCUT2D eigenvalue weighted by Gasteiger charge is -2.25. The number of carbonyl (C=O) groups excluding carboxylic acids is 2. The van der Waals surface area contributed by atoms with E-state index in [1.807, 2.05) is 0 Å². The first-order chi connectivity index (χ1) is 28.5. The number of hydrogen-bond donors (Lipinski definition) is 0. The fraction of sp³-hybridized carbons (Fsp3) is 0.769. The van der Waals surface area contributed by atoms with Gasteiger partial charge >= 0.3 is 0 Å². The van der Waals surface area contributed by atoms with Gasteiger partial charge in [-0.25, -0.2) is 0 Å². The van der Waals surface area contributed by atoms with Crippen LogP contribution >= 0.6 is 22.7 Å². The summed E-state index contributed by atoms with van der Waals surface area (Å²) in [6.45, 7) is 10.7. The molecule has 0 radical (unpaired) electrons. The Morgan fingerprint density at radius 1 is 0.397 bits per heavy atom. The van der Waals surface area contributed by atoms with Gasteiger partial charge in [-0.3, -0.25) is 9.59 Å². The molecule has 0 saturated carbocycles. The molecule has 0 fully saturated rings. The van der Waals surface area contributed by atoms with Gasteiger partial charge in [0, 0.05) is 13.1 Å². The largest absolute Gasteiger partial charge is 0.307 e. The first-order valence-corrected chi connectivity index (χ1v) is 26.8. The summed E-state index contributed by atoms with van der Waals surface area (Å²) in [5.74, 6) is 1.13. The number of carbonyl (C=O) groups is 2. The van der Waals surface area contributed by atoms with Gasteiger partial charge in [-0.15, -0.1) is 22.7 Å². The van der Waals surface area contributed by atoms with Gasteiger partial charge in [0.05, 0.1) is 32.3 Å². The highest BCUT2D eigenvalue weighted by atomic mass is 32.1. The Labute approximate surface area is 365 Å². The highest BCUT2D eigenvalue weighted by Gasteiger charge is 2.44. The second kappa shape index (κ2) is 29.4. The van der Waals surface area contributed by atoms with E-state index in [1.54, 1.807) is 22.7 Å². The molecule has 0 bridgehead atoms. The Morgan fingerprint density at radius 2 is 0.655 bits per heavy atom. The van der Waals surface area contributed by atoms with Crippen LogP contribution in [0, 0.1) is 11.8 Å². The lowest BCUT2D eigenvalue weighted by Crippen LogP contribution is -2.34. The summed E-state index contributed by atoms with van der Waals surface area (Å²) in [7, 11) is 0. The van der Waals surface area contributed by atoms with Crippen LogP contribution in [0.4, 0.5) is 11.4 Å². The molecule has 0 aliphatic carbocycles. The Hall–Kier alpha value is -1.92. The summed E-state index contributed by atoms with van der Waals surface area (Å²) in [6.07, 6.45) is 41.8. The predicted octanol–water partition coefficient (Wildman–Crippen LogP) is 17.2. The van der Waals surface area contributed by atoms with Gasteiger partial charge in [0.15, 0.2) is 0 Å². The zero-order valence-electron chi connectivity index (χ0n) is 38.0. The number of anilines is 2. The van der Waals surface area contributed by atoms with Crippen LogP contribution in [0.25, 0.3) is 11.1 Å². The van der Waals surface area contributed by atoms with Crippen LogP contribution in [0.2, 0.25) is 0 Å². The molecule has 2 aromatic heterocycles. The number of unbranched alkanes of at least 4 members (excludes halogenated alkanes) is 24. The maximum Gasteiger partial charge on any atom is 0.260 e. The van der Waals surface area contributed by atoms with Crippen molar-refractivity contribution in [1.82, 2.24) is 0 Å². The van der Waals surface area contributed by atoms with Crippen LogP contribution in [-0.4, -0.2) is 24.9 Å². The van der Waals surface area contributed by atoms with E-state index in [1.165, 1.54) is 205 Å². The third-order valence-electron chi connectivity index (χ3n) is 13.2. The van der Waals surface area contributed by atoms with Gasteiger partial charge in [-0.2, -0.15) is 0 Å². The van der Waals surface area contributed by atoms with E-state index in [2.05, 4.69) is 60.4 Å². The lowest BCUT2D eigenvalue weighted by molar-refractivity contribution is -0.114. The molecule has 58 heavy (non-hydrogen) atoms. The predicted molar refractivity (Wildman–Crippen MR) is 258 cm³/mol. The summed E-state index contributed by atoms with van der Waals surface area (Å²) in [6, 6.07) is 4.30. The lowest BCUT2D eigenvalue weighted by atomic mass is 9.93. The topological polar surface area (TPSA) is 40.6 Å². The smallest absolute Gasteiger partial charge is 0.260 e. The second-order valence-electron chi connectivity index (χ2n) is 18.2. The summed E-state index contributed by atoms with van der Waals surface area (Å²) < 4.78 is 0. The van der Waals surface area contributed by atoms with Crippen molar-refractivity contribution in [1.29, 1.82) is 0 Å². The first-order valence-electron chi connectivity index (χ1n) is 25.1. The van der Waals surface area contributed by atoms with Crippen LogP contribution in [0.3, 0.4) is 0 Å². The van der Waals surface area contributed by atoms with E-state index in [-0.39, 0.29) is 11.8 Å². The molecule has 2 aliphatic rings. The van der Waals surface area contributed by atoms with Crippen LogP contribution in [-0.2, 0) is 9.59 Å². The van der Waals surface area contributed by atoms with E-state index in [9.17, 15) is 9.59 Å². The molecule has 0 saturated heterocycles. The normalized spacial score (nSPS) is 16.2. The van der Waals surface area contributed by atoms with Crippen molar-refractivity contribution in [2.75, 3.05) is 22.9 Å². The molecule has 4 heterocycles. The summed E-state index contributed by atoms with van der Waals surface area (Å²) in [4.78, 5) is 35.7. The molecule has 2 aromatic rings. The summed E-state index contributed by atoms with van der Waals surface area (Å²) in [5.41, 5.74) is 3.45. The van der Waals surface area contributed by atoms with Crippen molar-refractivity contribution in [3.8, 4) is 0 Å². The van der Waals surface area contributed by atoms with Crippen molar-refractivity contribution in [3.63, 3.8) is 0 Å². The average molecular weight is 835 g/mol. The standard InChI is InChI=1S/C52H86N2O2S2/c1-5-9-13-17-21-23-27-31-35-43(33-29-25-19-15-11-7-3)41-53-45-37-39-57-49(45)47(51(53)55)48-50-46(38-40-58-50)54(52(48)56)42-44(34-30-26-20-16-12-8-4)36-32-28-24-22-18-14-10-6-2/h37-40,43-44H,5-36,41-42H2,1-4H3/b48-47-. The van der Waals surface area contributed by atoms with Crippen molar-refractivity contribution in [2.45, 2.75) is 233 Å². The fourth-order valence-electron chi connectivity index (χ4n) is 9.62. The molecule has 2 atom stereocenters. The van der Waals surface area contributed by atoms with Gasteiger partial charge in [-0.05, 0) is 60.4 Å². The molecule has 0 N–H and O–H groups in total. The Kier molecular flexibility index (Phi) is 24.7. The molecular formula is C52H86N2O2S2. The average Bonchev–Trinajstić information content (AvgIpc) is 4.00. The van der Waals surface area contributed by atoms with E-state index in [0.717, 1.165) is 34.2 Å². The molecular weight excluding hydrogens is 749 g/mol. The van der Waals surface area contributed by atoms with E-state index in [4.69, 9.17) is 0 Å². The molecule has 2 unspecified atom stereocenters. The first kappa shape index (κ1) is 48.7. The monoisotopic (exact) mass is 835 g/mol. The Bertz CT molecular complexity index is 1330. The minimum atomic E-state index is 0.0674. The Morgan fingerprint density at radius 3 is 0.931 bits per heavy atom. The molecule has 4 nitrogen and oxygen atoms in total. The molecule has 0 spiro atoms. The molecule has 4 rings (SSSR count). The number of amides is 2. The van der Waals surface area contributed by atoms with Gasteiger partial charge in [-0.1, -0.05) is 207 Å². The van der Waals surface area contributed by atoms with Crippen LogP contribution in [0.5, 0.6) is 0 Å². The highest BCUT2D eigenvalue weighted by Crippen LogP contribution is 2.51. The van der Waals surface area contributed by atoms with Crippen molar-refractivity contribution >= 4 is 57.0 Å². The Balaban J connectivity index is 1.45. The van der Waals surface area contributed by atoms with Gasteiger partial charge in [0.25, 0.3) is 11.8 Å². The zero-order chi connectivity index (χ0) is 41.2. The molecule has 2 amide bonds. The zero-order valence-corrected chi connectivity index (χ0v) is 39.7. The number of nitrogens with zero attached hydrogens (tertiary/aromatic N) is 2. The van der Waals surface area contributed by atoms with Crippen LogP contribution in [0.1, 0.15) is 243 Å². The number of hydrogen-bond acceptors (Lipinski definition) is 4. The molecule has 6 heteroatoms. The third kappa shape index (κ3) is 15.8. The van der Waals surface area contributed by atoms with Gasteiger partial charge < -0.3 is 9.80 Å². The van der Waals surface area contributed by atoms with Gasteiger partial charge in [0.1, 0.15) is 0 Å². The summed E-state index contributed by atoms with van der Waals surface area (Å²) in [5, 5.41) is 4.28. The van der Waals surface area contributed by atoms with Crippen molar-refractivity contribution < 1.29 is 9.59 Å². The van der Waals surface area contributed by atoms with Gasteiger partial charge in [0.2, 0.25) is 0 Å². The summed E-state index contributed by atoms with van der Waals surface area (Å²) >= 11 is 3.30. The maximum absolute atomic E-state index is 14.7. The number of rotatable bonds is 36. The van der Waals surface area contributed by atoms with E-state index in [0.29, 0.717) is 23.0 Å². The second-order valence-corrected chi connectivity index (χ2v) is 20.1. The third-order valence-corrected chi connectivity index (χ3v) is 15.1. The van der Waals surface area contributed by atoms with E-state index < -0.39 is 0 Å². The van der Waals surface area contributed by atoms with Crippen LogP contribution in [0.15, 0.2) is 22.9 Å². The van der Waals surface area contributed by atoms with E-state index >= 15 is 0 Å². The highest BCUT2D eigenvalue weighted by molar-refractivity contribution is 7.14. The quantitative estimate of drug-likeness (QED) is 0.0507. The van der Waals surface area contributed by atoms with Crippen molar-refractivity contribution in [3.05, 3.63) is 32.6 Å². The number of thiophene rings is 2. The van der Waals surface area contributed by atoms with Crippen LogP contribution < -0.4 is 9.80 Å². The molecule has 328 valence electrons. The van der Waals surface area contributed by atoms with Crippen molar-refractivity contribution in [2.24, 2.45) is 11.8 Å². The molecule has 2 aliphatic heterocycles. The minimum absolute atomic E-state index is 0.0674.